The third-order valence-corrected chi connectivity index (χ3v) is 31.5. The van der Waals surface area contributed by atoms with Crippen LogP contribution in [0.4, 0.5) is 40.3 Å². The summed E-state index contributed by atoms with van der Waals surface area (Å²) in [5.41, 5.74) is 12.7. The molecule has 24 nitrogen and oxygen atoms in total. The van der Waals surface area contributed by atoms with Crippen LogP contribution < -0.4 is 19.6 Å². The van der Waals surface area contributed by atoms with E-state index < -0.39 is 37.6 Å². The van der Waals surface area contributed by atoms with Crippen molar-refractivity contribution in [3.05, 3.63) is 287 Å². The number of fused-ring (bicyclic) bond motifs is 8. The zero-order chi connectivity index (χ0) is 91.4. The van der Waals surface area contributed by atoms with Crippen LogP contribution in [0.3, 0.4) is 0 Å². The van der Waals surface area contributed by atoms with Crippen molar-refractivity contribution in [2.45, 2.75) is 118 Å². The predicted molar refractivity (Wildman–Crippen MR) is 500 cm³/mol. The Morgan fingerprint density at radius 1 is 0.402 bits per heavy atom. The molecule has 5 amide bonds. The maximum Gasteiger partial charge on any atom is 0.258 e. The second-order valence-electron chi connectivity index (χ2n) is 37.5. The van der Waals surface area contributed by atoms with Gasteiger partial charge >= 0.3 is 0 Å². The van der Waals surface area contributed by atoms with Crippen LogP contribution in [0.25, 0.3) is 44.5 Å². The summed E-state index contributed by atoms with van der Waals surface area (Å²) in [7, 11) is 6.08. The highest BCUT2D eigenvalue weighted by Gasteiger charge is 2.64. The minimum absolute atomic E-state index is 0.00685. The number of amides is 5. The number of thioether (sulfide) groups is 1. The molecule has 12 aromatic rings. The molecule has 4 aromatic heterocycles. The fraction of sp³-hybridized carbons (Fsp3) is 0.363. The highest BCUT2D eigenvalue weighted by Crippen LogP contribution is 2.56. The SMILES string of the molecule is CN1CCC(N2CC3(C2)C(=O)N(Cc2ccc(-c4cnn(C)c4)cc2F)c2ccccc23)C1.Cn1cc(-c2ccc(CN3C(=O)C4(CCN4C(=O)C4CCCCC4)c4ccccc43)c(F)c2)cn1.Cn1cc(-c2ccc(CN3C(=O)C4(CN(C5CCSCC5)C4)c4ccccc43)c(F)c2)cn1.Cn1cc(-c2ccc(CN3C(=O)C4(CN(S(C)(=O)=O)C4)c4ccccc43)c(F)c2)cn1. The summed E-state index contributed by atoms with van der Waals surface area (Å²) in [6, 6.07) is 52.8. The van der Waals surface area contributed by atoms with Crippen molar-refractivity contribution in [3.8, 4) is 44.5 Å². The van der Waals surface area contributed by atoms with Crippen molar-refractivity contribution < 1.29 is 50.0 Å². The number of carbonyl (C=O) groups is 5. The molecule has 7 fully saturated rings. The molecule has 4 spiro atoms. The first-order valence-corrected chi connectivity index (χ1v) is 48.4. The van der Waals surface area contributed by atoms with Gasteiger partial charge in [0.1, 0.15) is 39.5 Å². The zero-order valence-electron chi connectivity index (χ0n) is 74.8. The van der Waals surface area contributed by atoms with Gasteiger partial charge in [-0.2, -0.15) is 36.5 Å². The van der Waals surface area contributed by atoms with Crippen LogP contribution in [-0.2, 0) is 110 Å². The molecule has 1 saturated carbocycles. The van der Waals surface area contributed by atoms with E-state index in [1.807, 2.05) is 172 Å². The average molecular weight is 1820 g/mol. The molecule has 0 N–H and O–H groups in total. The molecule has 0 bridgehead atoms. The lowest BCUT2D eigenvalue weighted by Crippen LogP contribution is -2.66. The summed E-state index contributed by atoms with van der Waals surface area (Å²) in [5, 5.41) is 16.6. The van der Waals surface area contributed by atoms with Crippen LogP contribution in [-0.4, -0.2) is 197 Å². The van der Waals surface area contributed by atoms with Crippen LogP contribution in [0.2, 0.25) is 0 Å². The minimum atomic E-state index is -3.37. The van der Waals surface area contributed by atoms with Gasteiger partial charge in [0, 0.05) is 197 Å². The molecule has 11 aliphatic rings. The standard InChI is InChI=1S/C28H29FN4O2.C26H28FN5O.C26H27FN4OS.C22H21FN4O3S/c1-31-17-22(16-30-31)20-11-12-21(24(29)15-20)18-32-25-10-6-5-9-23(25)28(27(32)35)13-14-33(28)26(34)19-7-3-2-4-8-19;1-29-10-9-21(15-29)31-16-26(17-31)22-5-3-4-6-24(22)32(25(26)33)14-19-8-7-18(11-23(19)27)20-12-28-30(2)13-20;1-29-14-20(13-28-29)18-6-7-19(23(27)12-18)15-31-24-5-3-2-4-22(24)26(25(31)32)16-30(17-26)21-8-10-33-11-9-21;1-25-11-17(10-24-25)15-7-8-16(19(23)9-15)12-27-20-6-4-3-5-18(20)22(21(27)28)13-26(14-22)31(2,29)30/h5-6,9-12,15-17,19H,2-4,7-8,13-14,18H2,1H3;3-8,11-13,21H,9-10,14-17H2,1-2H3;2-7,12-14,21H,8-11,15-17H2,1H3;3-11H,12-14H2,1-2H3. The summed E-state index contributed by atoms with van der Waals surface area (Å²) in [4.78, 5) is 84.3. The molecule has 8 aromatic carbocycles. The van der Waals surface area contributed by atoms with Gasteiger partial charge in [-0.25, -0.2) is 26.0 Å². The Bertz CT molecular complexity index is 6460. The number of aryl methyl sites for hydroxylation is 4. The van der Waals surface area contributed by atoms with Gasteiger partial charge < -0.3 is 29.4 Å². The molecular weight excluding hydrogens is 1720 g/mol. The second-order valence-corrected chi connectivity index (χ2v) is 40.7. The van der Waals surface area contributed by atoms with Gasteiger partial charge in [-0.3, -0.25) is 52.5 Å². The Labute approximate surface area is 769 Å². The van der Waals surface area contributed by atoms with E-state index in [1.165, 1.54) is 53.3 Å². The second kappa shape index (κ2) is 34.8. The fourth-order valence-electron chi connectivity index (χ4n) is 21.9. The lowest BCUT2D eigenvalue weighted by atomic mass is 9.73. The van der Waals surface area contributed by atoms with Gasteiger partial charge in [-0.1, -0.05) is 141 Å². The van der Waals surface area contributed by atoms with Crippen molar-refractivity contribution in [1.82, 2.24) is 63.0 Å². The van der Waals surface area contributed by atoms with E-state index in [4.69, 9.17) is 0 Å². The smallest absolute Gasteiger partial charge is 0.258 e. The third-order valence-electron chi connectivity index (χ3n) is 29.2. The van der Waals surface area contributed by atoms with Crippen LogP contribution in [0.1, 0.15) is 102 Å². The van der Waals surface area contributed by atoms with Crippen molar-refractivity contribution in [2.75, 3.05) is 103 Å². The van der Waals surface area contributed by atoms with Gasteiger partial charge in [0.25, 0.3) is 5.91 Å². The number of hydrogen-bond acceptors (Lipinski definition) is 15. The highest BCUT2D eigenvalue weighted by atomic mass is 32.2. The number of halogens is 4. The van der Waals surface area contributed by atoms with Crippen molar-refractivity contribution >= 4 is 74.1 Å². The number of likely N-dealkylation sites (tertiary alicyclic amines) is 4. The summed E-state index contributed by atoms with van der Waals surface area (Å²) in [5.74, 6) is 1.07. The lowest BCUT2D eigenvalue weighted by Gasteiger charge is -2.51. The van der Waals surface area contributed by atoms with E-state index in [9.17, 15) is 36.8 Å². The van der Waals surface area contributed by atoms with E-state index in [0.717, 1.165) is 156 Å². The van der Waals surface area contributed by atoms with Crippen molar-refractivity contribution in [2.24, 2.45) is 34.1 Å². The van der Waals surface area contributed by atoms with Crippen molar-refractivity contribution in [3.63, 3.8) is 0 Å². The molecule has 23 rings (SSSR count). The molecule has 30 heteroatoms. The Hall–Kier alpha value is -12.2. The van der Waals surface area contributed by atoms with E-state index in [-0.39, 0.29) is 92.2 Å². The largest absolute Gasteiger partial charge is 0.324 e. The normalized spacial score (nSPS) is 20.6. The Morgan fingerprint density at radius 3 is 1.07 bits per heavy atom. The number of carbonyl (C=O) groups excluding carboxylic acids is 5. The van der Waals surface area contributed by atoms with Gasteiger partial charge in [-0.15, -0.1) is 0 Å². The summed E-state index contributed by atoms with van der Waals surface area (Å²) in [6.07, 6.45) is 24.6. The summed E-state index contributed by atoms with van der Waals surface area (Å²) in [6.45, 7) is 6.73. The molecule has 2 atom stereocenters. The van der Waals surface area contributed by atoms with Gasteiger partial charge in [-0.05, 0) is 145 Å². The third kappa shape index (κ3) is 15.6. The van der Waals surface area contributed by atoms with Crippen LogP contribution in [0.15, 0.2) is 219 Å². The maximum atomic E-state index is 15.2. The maximum absolute atomic E-state index is 15.2. The number of para-hydroxylation sites is 4. The van der Waals surface area contributed by atoms with Crippen molar-refractivity contribution in [1.29, 1.82) is 0 Å². The number of anilines is 4. The summed E-state index contributed by atoms with van der Waals surface area (Å²) < 4.78 is 92.2. The molecule has 14 heterocycles. The van der Waals surface area contributed by atoms with Gasteiger partial charge in [0.05, 0.1) is 62.9 Å². The van der Waals surface area contributed by atoms with E-state index >= 15 is 13.2 Å². The first-order valence-electron chi connectivity index (χ1n) is 45.4. The first-order chi connectivity index (χ1) is 63.7. The number of likely N-dealkylation sites (N-methyl/N-ethyl adjacent to an activating group) is 1. The molecule has 680 valence electrons. The Balaban J connectivity index is 0.000000110. The number of rotatable bonds is 16. The number of hydrogen-bond donors (Lipinski definition) is 0. The van der Waals surface area contributed by atoms with E-state index in [0.29, 0.717) is 58.6 Å². The number of benzene rings is 8. The quantitative estimate of drug-likeness (QED) is 0.0821. The topological polar surface area (TPSA) is 220 Å². The molecule has 6 saturated heterocycles. The van der Waals surface area contributed by atoms with E-state index in [2.05, 4.69) is 54.3 Å². The predicted octanol–water partition coefficient (Wildman–Crippen LogP) is 14.3. The molecule has 1 aliphatic carbocycles. The number of nitrogens with zero attached hydrogens (tertiary/aromatic N) is 17. The molecule has 10 aliphatic heterocycles. The minimum Gasteiger partial charge on any atom is -0.324 e. The van der Waals surface area contributed by atoms with Gasteiger partial charge in [0.2, 0.25) is 33.7 Å². The van der Waals surface area contributed by atoms with E-state index in [1.54, 1.807) is 100 Å². The average Bonchev–Trinajstić information content (AvgIpc) is 1.53. The van der Waals surface area contributed by atoms with Crippen LogP contribution >= 0.6 is 11.8 Å². The first kappa shape index (κ1) is 87.8. The van der Waals surface area contributed by atoms with Crippen LogP contribution in [0.5, 0.6) is 0 Å². The molecular formula is C102H105F4N17O7S2. The summed E-state index contributed by atoms with van der Waals surface area (Å²) >= 11 is 2.03. The Kier molecular flexibility index (Phi) is 23.1. The molecule has 2 unspecified atom stereocenters. The van der Waals surface area contributed by atoms with Crippen LogP contribution in [0, 0.1) is 29.2 Å². The molecule has 132 heavy (non-hydrogen) atoms. The number of sulfonamides is 1. The fourth-order valence-corrected chi connectivity index (χ4v) is 23.9. The van der Waals surface area contributed by atoms with Gasteiger partial charge in [0.15, 0.2) is 5.54 Å². The number of aromatic nitrogens is 8. The molecule has 0 radical (unpaired) electrons. The lowest BCUT2D eigenvalue weighted by molar-refractivity contribution is -0.162. The zero-order valence-corrected chi connectivity index (χ0v) is 76.4. The monoisotopic (exact) mass is 1820 g/mol. The Morgan fingerprint density at radius 2 is 0.742 bits per heavy atom. The highest BCUT2D eigenvalue weighted by molar-refractivity contribution is 7.99.